The van der Waals surface area contributed by atoms with Crippen molar-refractivity contribution in [1.82, 2.24) is 0 Å². The smallest absolute Gasteiger partial charge is 0.104 e. The molecule has 1 aromatic rings. The van der Waals surface area contributed by atoms with Crippen molar-refractivity contribution in [2.24, 2.45) is 5.73 Å². The normalized spacial score (nSPS) is 12.2. The zero-order valence-electron chi connectivity index (χ0n) is 8.14. The predicted octanol–water partition coefficient (Wildman–Crippen LogP) is 3.05. The lowest BCUT2D eigenvalue weighted by atomic mass is 9.94. The summed E-state index contributed by atoms with van der Waals surface area (Å²) in [7, 11) is 0. The number of hydrogen-bond acceptors (Lipinski definition) is 2. The fourth-order valence-corrected chi connectivity index (χ4v) is 1.66. The van der Waals surface area contributed by atoms with E-state index >= 15 is 0 Å². The largest absolute Gasteiger partial charge is 0.387 e. The summed E-state index contributed by atoms with van der Waals surface area (Å²) in [5.41, 5.74) is 6.44. The Bertz CT molecular complexity index is 401. The first-order chi connectivity index (χ1) is 6.93. The Kier molecular flexibility index (Phi) is 3.72. The van der Waals surface area contributed by atoms with Crippen LogP contribution in [-0.2, 0) is 0 Å². The van der Waals surface area contributed by atoms with Crippen LogP contribution in [-0.4, -0.2) is 11.5 Å². The summed E-state index contributed by atoms with van der Waals surface area (Å²) in [5.74, 6) is -0.583. The van der Waals surface area contributed by atoms with E-state index in [1.54, 1.807) is 25.1 Å². The molecule has 15 heavy (non-hydrogen) atoms. The summed E-state index contributed by atoms with van der Waals surface area (Å²) in [6, 6.07) is 4.99. The summed E-state index contributed by atoms with van der Waals surface area (Å²) in [6.07, 6.45) is 0. The van der Waals surface area contributed by atoms with Crippen molar-refractivity contribution in [3.05, 3.63) is 33.8 Å². The van der Waals surface area contributed by atoms with Crippen LogP contribution in [0.5, 0.6) is 0 Å². The van der Waals surface area contributed by atoms with Crippen LogP contribution in [0, 0.1) is 10.8 Å². The lowest BCUT2D eigenvalue weighted by molar-refractivity contribution is 1.12. The second-order valence-corrected chi connectivity index (χ2v) is 4.06. The number of nitrogens with one attached hydrogen (secondary N) is 2. The highest BCUT2D eigenvalue weighted by Gasteiger charge is 2.17. The van der Waals surface area contributed by atoms with Gasteiger partial charge in [0.1, 0.15) is 5.84 Å². The van der Waals surface area contributed by atoms with E-state index in [0.717, 1.165) is 0 Å². The minimum Gasteiger partial charge on any atom is -0.387 e. The van der Waals surface area contributed by atoms with Crippen molar-refractivity contribution in [1.29, 1.82) is 10.8 Å². The number of rotatable bonds is 3. The van der Waals surface area contributed by atoms with Gasteiger partial charge in [-0.15, -0.1) is 0 Å². The van der Waals surface area contributed by atoms with Gasteiger partial charge >= 0.3 is 0 Å². The molecular formula is C10H11Cl2N3. The third-order valence-corrected chi connectivity index (χ3v) is 2.76. The van der Waals surface area contributed by atoms with E-state index in [4.69, 9.17) is 39.8 Å². The summed E-state index contributed by atoms with van der Waals surface area (Å²) in [6.45, 7) is 1.61. The Balaban J connectivity index is 3.18. The predicted molar refractivity (Wildman–Crippen MR) is 64.5 cm³/mol. The molecule has 1 rings (SSSR count). The number of nitrogens with two attached hydrogens (primary N) is 1. The Morgan fingerprint density at radius 1 is 1.27 bits per heavy atom. The topological polar surface area (TPSA) is 73.7 Å². The average Bonchev–Trinajstić information content (AvgIpc) is 2.10. The monoisotopic (exact) mass is 243 g/mol. The first-order valence-corrected chi connectivity index (χ1v) is 5.03. The molecule has 5 heteroatoms. The van der Waals surface area contributed by atoms with Crippen LogP contribution < -0.4 is 5.73 Å². The zero-order valence-corrected chi connectivity index (χ0v) is 9.65. The molecular weight excluding hydrogens is 233 g/mol. The second-order valence-electron chi connectivity index (χ2n) is 3.24. The van der Waals surface area contributed by atoms with Crippen molar-refractivity contribution in [3.8, 4) is 0 Å². The summed E-state index contributed by atoms with van der Waals surface area (Å²) in [4.78, 5) is 0. The van der Waals surface area contributed by atoms with E-state index in [0.29, 0.717) is 21.3 Å². The highest BCUT2D eigenvalue weighted by Crippen LogP contribution is 2.27. The van der Waals surface area contributed by atoms with Gasteiger partial charge in [-0.25, -0.2) is 0 Å². The van der Waals surface area contributed by atoms with Crippen LogP contribution in [0.4, 0.5) is 0 Å². The first kappa shape index (κ1) is 12.0. The molecule has 0 saturated carbocycles. The molecule has 0 amide bonds. The van der Waals surface area contributed by atoms with E-state index in [9.17, 15) is 0 Å². The van der Waals surface area contributed by atoms with Gasteiger partial charge < -0.3 is 11.1 Å². The van der Waals surface area contributed by atoms with Crippen molar-refractivity contribution in [2.75, 3.05) is 0 Å². The molecule has 1 unspecified atom stereocenters. The molecule has 1 atom stereocenters. The van der Waals surface area contributed by atoms with Crippen molar-refractivity contribution in [2.45, 2.75) is 12.8 Å². The zero-order chi connectivity index (χ0) is 11.6. The summed E-state index contributed by atoms with van der Waals surface area (Å²) >= 11 is 11.6. The van der Waals surface area contributed by atoms with Gasteiger partial charge in [0.05, 0.1) is 16.0 Å². The highest BCUT2D eigenvalue weighted by molar-refractivity contribution is 6.42. The quantitative estimate of drug-likeness (QED) is 0.554. The fraction of sp³-hybridized carbons (Fsp3) is 0.200. The standard InChI is InChI=1S/C10H11Cl2N3/c1-5(13)9(10(14)15)6-2-3-7(11)8(12)4-6/h2-4,9,13H,1H3,(H3,14,15). The fourth-order valence-electron chi connectivity index (χ4n) is 1.35. The van der Waals surface area contributed by atoms with Crippen LogP contribution in [0.2, 0.25) is 10.0 Å². The lowest BCUT2D eigenvalue weighted by Gasteiger charge is -2.14. The van der Waals surface area contributed by atoms with E-state index < -0.39 is 5.92 Å². The van der Waals surface area contributed by atoms with Crippen molar-refractivity contribution < 1.29 is 0 Å². The number of halogens is 2. The molecule has 0 saturated heterocycles. The minimum absolute atomic E-state index is 0.0686. The van der Waals surface area contributed by atoms with Crippen molar-refractivity contribution in [3.63, 3.8) is 0 Å². The second kappa shape index (κ2) is 4.64. The Labute approximate surface area is 98.2 Å². The van der Waals surface area contributed by atoms with Crippen LogP contribution >= 0.6 is 23.2 Å². The van der Waals surface area contributed by atoms with E-state index in [1.807, 2.05) is 0 Å². The maximum atomic E-state index is 7.55. The van der Waals surface area contributed by atoms with Gasteiger partial charge in [0, 0.05) is 5.71 Å². The maximum absolute atomic E-state index is 7.55. The lowest BCUT2D eigenvalue weighted by Crippen LogP contribution is -2.25. The molecule has 0 aliphatic rings. The molecule has 1 aromatic carbocycles. The van der Waals surface area contributed by atoms with Gasteiger partial charge in [-0.3, -0.25) is 5.41 Å². The molecule has 0 heterocycles. The Morgan fingerprint density at radius 3 is 2.27 bits per heavy atom. The third-order valence-electron chi connectivity index (χ3n) is 2.02. The van der Waals surface area contributed by atoms with E-state index in [2.05, 4.69) is 0 Å². The third kappa shape index (κ3) is 2.70. The SMILES string of the molecule is CC(=N)C(C(=N)N)c1ccc(Cl)c(Cl)c1. The van der Waals surface area contributed by atoms with Crippen molar-refractivity contribution >= 4 is 34.7 Å². The molecule has 4 N–H and O–H groups in total. The van der Waals surface area contributed by atoms with Gasteiger partial charge in [-0.05, 0) is 24.6 Å². The molecule has 80 valence electrons. The summed E-state index contributed by atoms with van der Waals surface area (Å²) < 4.78 is 0. The highest BCUT2D eigenvalue weighted by atomic mass is 35.5. The molecule has 0 fully saturated rings. The number of benzene rings is 1. The van der Waals surface area contributed by atoms with Gasteiger partial charge in [0.25, 0.3) is 0 Å². The van der Waals surface area contributed by atoms with Crippen LogP contribution in [0.3, 0.4) is 0 Å². The molecule has 0 bridgehead atoms. The molecule has 0 aliphatic heterocycles. The van der Waals surface area contributed by atoms with E-state index in [1.165, 1.54) is 0 Å². The Morgan fingerprint density at radius 2 is 1.87 bits per heavy atom. The van der Waals surface area contributed by atoms with Gasteiger partial charge in [-0.1, -0.05) is 29.3 Å². The number of amidine groups is 1. The molecule has 0 aromatic heterocycles. The van der Waals surface area contributed by atoms with Gasteiger partial charge in [0.15, 0.2) is 0 Å². The van der Waals surface area contributed by atoms with Gasteiger partial charge in [-0.2, -0.15) is 0 Å². The molecule has 0 radical (unpaired) electrons. The van der Waals surface area contributed by atoms with Crippen LogP contribution in [0.15, 0.2) is 18.2 Å². The number of hydrogen-bond donors (Lipinski definition) is 3. The maximum Gasteiger partial charge on any atom is 0.104 e. The van der Waals surface area contributed by atoms with E-state index in [-0.39, 0.29) is 5.84 Å². The molecule has 0 spiro atoms. The van der Waals surface area contributed by atoms with Gasteiger partial charge in [0.2, 0.25) is 0 Å². The Hall–Kier alpha value is -1.06. The van der Waals surface area contributed by atoms with Crippen LogP contribution in [0.25, 0.3) is 0 Å². The molecule has 3 nitrogen and oxygen atoms in total. The van der Waals surface area contributed by atoms with Crippen LogP contribution in [0.1, 0.15) is 18.4 Å². The molecule has 0 aliphatic carbocycles. The minimum atomic E-state index is -0.514. The first-order valence-electron chi connectivity index (χ1n) is 4.27. The summed E-state index contributed by atoms with van der Waals surface area (Å²) in [5, 5.41) is 15.8. The average molecular weight is 244 g/mol.